The van der Waals surface area contributed by atoms with Crippen LogP contribution in [0.5, 0.6) is 0 Å². The molecule has 0 saturated heterocycles. The Hall–Kier alpha value is -1.39. The van der Waals surface area contributed by atoms with Crippen LogP contribution < -0.4 is 0 Å². The maximum atomic E-state index is 10.7. The molecule has 0 bridgehead atoms. The van der Waals surface area contributed by atoms with E-state index >= 15 is 0 Å². The molecule has 0 atom stereocenters. The SMILES string of the molecule is C=C/C=C(/C=O)C/C=C(\S)c1ccc(C=O)s1. The molecule has 0 aliphatic carbocycles. The summed E-state index contributed by atoms with van der Waals surface area (Å²) in [6, 6.07) is 3.59. The Kier molecular flexibility index (Phi) is 5.66. The Balaban J connectivity index is 2.78. The van der Waals surface area contributed by atoms with Crippen LogP contribution in [0.3, 0.4) is 0 Å². The van der Waals surface area contributed by atoms with Crippen LogP contribution in [0, 0.1) is 0 Å². The third kappa shape index (κ3) is 4.17. The lowest BCUT2D eigenvalue weighted by Gasteiger charge is -1.96. The second kappa shape index (κ2) is 7.04. The Morgan fingerprint density at radius 2 is 2.18 bits per heavy atom. The van der Waals surface area contributed by atoms with E-state index in [-0.39, 0.29) is 0 Å². The van der Waals surface area contributed by atoms with Gasteiger partial charge in [0.05, 0.1) is 4.88 Å². The van der Waals surface area contributed by atoms with Crippen LogP contribution in [-0.2, 0) is 4.79 Å². The van der Waals surface area contributed by atoms with E-state index in [2.05, 4.69) is 19.2 Å². The first-order valence-corrected chi connectivity index (χ1v) is 6.19. The van der Waals surface area contributed by atoms with Gasteiger partial charge < -0.3 is 0 Å². The normalized spacial score (nSPS) is 12.3. The van der Waals surface area contributed by atoms with Gasteiger partial charge in [-0.2, -0.15) is 0 Å². The molecule has 0 aromatic carbocycles. The molecule has 0 N–H and O–H groups in total. The third-order valence-corrected chi connectivity index (χ3v) is 3.63. The molecule has 0 saturated carbocycles. The summed E-state index contributed by atoms with van der Waals surface area (Å²) in [5, 5.41) is 0. The highest BCUT2D eigenvalue weighted by atomic mass is 32.1. The topological polar surface area (TPSA) is 34.1 Å². The van der Waals surface area contributed by atoms with Crippen LogP contribution in [0.2, 0.25) is 0 Å². The molecule has 0 aliphatic heterocycles. The van der Waals surface area contributed by atoms with Gasteiger partial charge in [-0.1, -0.05) is 24.8 Å². The number of thiophene rings is 1. The predicted octanol–water partition coefficient (Wildman–Crippen LogP) is 3.53. The number of carbonyl (C=O) groups is 2. The van der Waals surface area contributed by atoms with Crippen molar-refractivity contribution in [3.8, 4) is 0 Å². The van der Waals surface area contributed by atoms with Crippen molar-refractivity contribution < 1.29 is 9.59 Å². The smallest absolute Gasteiger partial charge is 0.160 e. The van der Waals surface area contributed by atoms with Crippen molar-refractivity contribution in [2.45, 2.75) is 6.42 Å². The summed E-state index contributed by atoms with van der Waals surface area (Å²) in [5.74, 6) is 0. The van der Waals surface area contributed by atoms with Crippen LogP contribution in [-0.4, -0.2) is 12.6 Å². The minimum Gasteiger partial charge on any atom is -0.298 e. The molecule has 88 valence electrons. The Bertz CT molecular complexity index is 481. The number of allylic oxidation sites excluding steroid dienone is 4. The Morgan fingerprint density at radius 3 is 2.71 bits per heavy atom. The largest absolute Gasteiger partial charge is 0.298 e. The lowest BCUT2D eigenvalue weighted by Crippen LogP contribution is -1.82. The van der Waals surface area contributed by atoms with Gasteiger partial charge in [0.15, 0.2) is 6.29 Å². The van der Waals surface area contributed by atoms with E-state index in [1.165, 1.54) is 11.3 Å². The monoisotopic (exact) mass is 264 g/mol. The fraction of sp³-hybridized carbons (Fsp3) is 0.0769. The maximum Gasteiger partial charge on any atom is 0.160 e. The number of rotatable bonds is 6. The lowest BCUT2D eigenvalue weighted by atomic mass is 10.2. The molecule has 1 aromatic heterocycles. The molecule has 0 radical (unpaired) electrons. The van der Waals surface area contributed by atoms with Crippen molar-refractivity contribution in [3.63, 3.8) is 0 Å². The average Bonchev–Trinajstić information content (AvgIpc) is 2.82. The number of hydrogen-bond donors (Lipinski definition) is 1. The Morgan fingerprint density at radius 1 is 1.41 bits per heavy atom. The number of carbonyl (C=O) groups excluding carboxylic acids is 2. The minimum absolute atomic E-state index is 0.503. The summed E-state index contributed by atoms with van der Waals surface area (Å²) in [5.41, 5.74) is 0.638. The minimum atomic E-state index is 0.503. The lowest BCUT2D eigenvalue weighted by molar-refractivity contribution is -0.105. The van der Waals surface area contributed by atoms with E-state index in [1.54, 1.807) is 18.2 Å². The van der Waals surface area contributed by atoms with Gasteiger partial charge in [-0.25, -0.2) is 0 Å². The first-order valence-electron chi connectivity index (χ1n) is 4.92. The van der Waals surface area contributed by atoms with Gasteiger partial charge in [0, 0.05) is 9.78 Å². The van der Waals surface area contributed by atoms with Crippen molar-refractivity contribution in [2.75, 3.05) is 0 Å². The average molecular weight is 264 g/mol. The number of thiol groups is 1. The molecule has 1 aromatic rings. The molecular weight excluding hydrogens is 252 g/mol. The molecule has 1 heterocycles. The van der Waals surface area contributed by atoms with Crippen LogP contribution in [0.25, 0.3) is 4.91 Å². The van der Waals surface area contributed by atoms with Gasteiger partial charge in [-0.3, -0.25) is 9.59 Å². The fourth-order valence-electron chi connectivity index (χ4n) is 1.18. The van der Waals surface area contributed by atoms with E-state index in [9.17, 15) is 9.59 Å². The standard InChI is InChI=1S/C13H12O2S2/c1-2-3-10(8-14)4-6-12(16)13-7-5-11(9-15)17-13/h2-3,5-9,16H,1,4H2/b10-3+,12-6-. The number of aldehydes is 2. The maximum absolute atomic E-state index is 10.7. The van der Waals surface area contributed by atoms with E-state index in [1.807, 2.05) is 12.1 Å². The molecule has 4 heteroatoms. The molecular formula is C13H12O2S2. The van der Waals surface area contributed by atoms with E-state index in [4.69, 9.17) is 0 Å². The summed E-state index contributed by atoms with van der Waals surface area (Å²) in [6.45, 7) is 3.54. The van der Waals surface area contributed by atoms with Gasteiger partial charge in [0.1, 0.15) is 6.29 Å². The molecule has 0 unspecified atom stereocenters. The molecule has 0 aliphatic rings. The fourth-order valence-corrected chi connectivity index (χ4v) is 2.24. The zero-order valence-corrected chi connectivity index (χ0v) is 10.8. The molecule has 0 fully saturated rings. The zero-order valence-electron chi connectivity index (χ0n) is 9.13. The van der Waals surface area contributed by atoms with E-state index in [0.717, 1.165) is 22.4 Å². The van der Waals surface area contributed by atoms with E-state index < -0.39 is 0 Å². The molecule has 0 amide bonds. The highest BCUT2D eigenvalue weighted by Crippen LogP contribution is 2.26. The van der Waals surface area contributed by atoms with Gasteiger partial charge in [-0.05, 0) is 24.1 Å². The molecule has 0 spiro atoms. The highest BCUT2D eigenvalue weighted by molar-refractivity contribution is 7.90. The van der Waals surface area contributed by atoms with Crippen LogP contribution in [0.1, 0.15) is 21.0 Å². The first kappa shape index (κ1) is 13.7. The van der Waals surface area contributed by atoms with Crippen molar-refractivity contribution in [1.29, 1.82) is 0 Å². The van der Waals surface area contributed by atoms with E-state index in [0.29, 0.717) is 16.9 Å². The second-order valence-electron chi connectivity index (χ2n) is 3.21. The molecule has 17 heavy (non-hydrogen) atoms. The summed E-state index contributed by atoms with van der Waals surface area (Å²) >= 11 is 5.71. The first-order chi connectivity index (χ1) is 8.21. The summed E-state index contributed by atoms with van der Waals surface area (Å²) in [6.07, 6.45) is 7.19. The molecule has 2 nitrogen and oxygen atoms in total. The van der Waals surface area contributed by atoms with Crippen LogP contribution >= 0.6 is 24.0 Å². The van der Waals surface area contributed by atoms with Crippen LogP contribution in [0.4, 0.5) is 0 Å². The summed E-state index contributed by atoms with van der Waals surface area (Å²) in [7, 11) is 0. The number of hydrogen-bond acceptors (Lipinski definition) is 4. The third-order valence-electron chi connectivity index (χ3n) is 2.01. The van der Waals surface area contributed by atoms with Crippen molar-refractivity contribution >= 4 is 41.4 Å². The molecule has 1 rings (SSSR count). The summed E-state index contributed by atoms with van der Waals surface area (Å²) < 4.78 is 0. The quantitative estimate of drug-likeness (QED) is 0.369. The van der Waals surface area contributed by atoms with Gasteiger partial charge in [0.2, 0.25) is 0 Å². The highest BCUT2D eigenvalue weighted by Gasteiger charge is 2.02. The zero-order chi connectivity index (χ0) is 12.7. The van der Waals surface area contributed by atoms with Crippen molar-refractivity contribution in [2.24, 2.45) is 0 Å². The Labute approximate surface area is 110 Å². The second-order valence-corrected chi connectivity index (χ2v) is 4.81. The van der Waals surface area contributed by atoms with Crippen molar-refractivity contribution in [1.82, 2.24) is 0 Å². The van der Waals surface area contributed by atoms with Gasteiger partial charge >= 0.3 is 0 Å². The van der Waals surface area contributed by atoms with Crippen LogP contribution in [0.15, 0.2) is 42.5 Å². The predicted molar refractivity (Wildman–Crippen MR) is 75.6 cm³/mol. The van der Waals surface area contributed by atoms with Gasteiger partial charge in [-0.15, -0.1) is 24.0 Å². The van der Waals surface area contributed by atoms with Gasteiger partial charge in [0.25, 0.3) is 0 Å². The van der Waals surface area contributed by atoms with Crippen molar-refractivity contribution in [3.05, 3.63) is 52.3 Å². The summed E-state index contributed by atoms with van der Waals surface area (Å²) in [4.78, 5) is 23.6.